The Morgan fingerprint density at radius 2 is 2.00 bits per heavy atom. The van der Waals surface area contributed by atoms with Gasteiger partial charge in [-0.15, -0.1) is 0 Å². The lowest BCUT2D eigenvalue weighted by Crippen LogP contribution is -2.47. The Morgan fingerprint density at radius 3 is 2.52 bits per heavy atom. The molecule has 0 atom stereocenters. The van der Waals surface area contributed by atoms with Gasteiger partial charge in [-0.05, 0) is 29.5 Å². The zero-order valence-electron chi connectivity index (χ0n) is 11.9. The molecule has 0 bridgehead atoms. The van der Waals surface area contributed by atoms with Crippen LogP contribution in [0, 0.1) is 3.57 Å². The molecule has 4 N–H and O–H groups in total. The zero-order chi connectivity index (χ0) is 15.8. The molecule has 0 spiro atoms. The van der Waals surface area contributed by atoms with E-state index in [2.05, 4.69) is 4.98 Å². The van der Waals surface area contributed by atoms with Crippen molar-refractivity contribution in [3.63, 3.8) is 0 Å². The first-order valence-corrected chi connectivity index (χ1v) is 7.57. The fourth-order valence-electron chi connectivity index (χ4n) is 2.39. The molecule has 1 aliphatic heterocycles. The molecule has 0 aromatic carbocycles. The number of primary amides is 1. The third kappa shape index (κ3) is 3.22. The minimum Gasteiger partial charge on any atom is -0.443 e. The number of rotatable bonds is 2. The van der Waals surface area contributed by atoms with Gasteiger partial charge in [-0.3, -0.25) is 9.36 Å². The summed E-state index contributed by atoms with van der Waals surface area (Å²) < 4.78 is 7.05. The number of carbonyl (C=O) groups excluding carboxylic acids is 1. The lowest BCUT2D eigenvalue weighted by molar-refractivity contribution is 0.0124. The molecule has 9 heteroatoms. The van der Waals surface area contributed by atoms with E-state index >= 15 is 0 Å². The second-order valence-corrected chi connectivity index (χ2v) is 6.41. The fraction of sp³-hybridized carbons (Fsp3) is 0.583. The van der Waals surface area contributed by atoms with Gasteiger partial charge in [0.25, 0.3) is 5.56 Å². The van der Waals surface area contributed by atoms with Gasteiger partial charge in [0, 0.05) is 33.0 Å². The first kappa shape index (κ1) is 15.9. The second-order valence-electron chi connectivity index (χ2n) is 5.33. The molecule has 1 aromatic rings. The summed E-state index contributed by atoms with van der Waals surface area (Å²) in [6.07, 6.45) is 0.449. The normalized spacial score (nSPS) is 17.6. The molecular weight excluding hydrogens is 389 g/mol. The summed E-state index contributed by atoms with van der Waals surface area (Å²) in [6, 6.07) is 0. The van der Waals surface area contributed by atoms with Crippen molar-refractivity contribution in [1.29, 1.82) is 0 Å². The minimum atomic E-state index is -0.769. The molecule has 1 fully saturated rings. The summed E-state index contributed by atoms with van der Waals surface area (Å²) in [5, 5.41) is 0. The molecule has 0 saturated carbocycles. The van der Waals surface area contributed by atoms with E-state index in [9.17, 15) is 9.59 Å². The van der Waals surface area contributed by atoms with Gasteiger partial charge in [-0.1, -0.05) is 0 Å². The number of nitrogens with two attached hydrogens (primary N) is 2. The number of aromatic nitrogens is 2. The van der Waals surface area contributed by atoms with Crippen LogP contribution >= 0.6 is 22.6 Å². The van der Waals surface area contributed by atoms with Crippen molar-refractivity contribution in [2.45, 2.75) is 25.4 Å². The van der Waals surface area contributed by atoms with Crippen LogP contribution in [0.3, 0.4) is 0 Å². The van der Waals surface area contributed by atoms with Gasteiger partial charge >= 0.3 is 6.09 Å². The summed E-state index contributed by atoms with van der Waals surface area (Å²) in [5.41, 5.74) is 10.1. The number of nitrogens with zero attached hydrogens (tertiary/aromatic N) is 3. The lowest BCUT2D eigenvalue weighted by Gasteiger charge is -2.39. The summed E-state index contributed by atoms with van der Waals surface area (Å²) >= 11 is 1.89. The van der Waals surface area contributed by atoms with Gasteiger partial charge in [-0.2, -0.15) is 4.98 Å². The van der Waals surface area contributed by atoms with Crippen molar-refractivity contribution in [1.82, 2.24) is 9.55 Å². The molecule has 2 heterocycles. The first-order valence-electron chi connectivity index (χ1n) is 6.49. The Morgan fingerprint density at radius 1 is 1.43 bits per heavy atom. The van der Waals surface area contributed by atoms with E-state index in [0.717, 1.165) is 0 Å². The molecule has 8 nitrogen and oxygen atoms in total. The SMILES string of the molecule is Cn1c(N2CCC(C)(OC(N)=O)CC2)nc(N)c(I)c1=O. The van der Waals surface area contributed by atoms with Crippen molar-refractivity contribution in [3.05, 3.63) is 13.9 Å². The van der Waals surface area contributed by atoms with Gasteiger partial charge in [-0.25, -0.2) is 4.79 Å². The lowest BCUT2D eigenvalue weighted by atomic mass is 9.93. The number of hydrogen-bond donors (Lipinski definition) is 2. The maximum Gasteiger partial charge on any atom is 0.405 e. The Labute approximate surface area is 135 Å². The van der Waals surface area contributed by atoms with Crippen LogP contribution in [-0.2, 0) is 11.8 Å². The Hall–Kier alpha value is -1.52. The number of piperidine rings is 1. The average Bonchev–Trinajstić information content (AvgIpc) is 2.40. The van der Waals surface area contributed by atoms with Crippen LogP contribution in [0.1, 0.15) is 19.8 Å². The van der Waals surface area contributed by atoms with E-state index in [4.69, 9.17) is 16.2 Å². The maximum absolute atomic E-state index is 12.0. The molecule has 116 valence electrons. The number of ether oxygens (including phenoxy) is 1. The van der Waals surface area contributed by atoms with Crippen LogP contribution in [0.25, 0.3) is 0 Å². The third-order valence-corrected chi connectivity index (χ3v) is 4.70. The van der Waals surface area contributed by atoms with E-state index in [-0.39, 0.29) is 11.4 Å². The molecule has 1 aliphatic rings. The van der Waals surface area contributed by atoms with E-state index in [1.54, 1.807) is 7.05 Å². The number of halogens is 1. The van der Waals surface area contributed by atoms with Crippen molar-refractivity contribution in [2.75, 3.05) is 23.7 Å². The standard InChI is InChI=1S/C12H18IN5O3/c1-12(21-10(15)20)3-5-18(6-4-12)11-16-8(14)7(13)9(19)17(11)2/h3-6,14H2,1-2H3,(H2,15,20). The molecule has 1 aromatic heterocycles. The quantitative estimate of drug-likeness (QED) is 0.687. The van der Waals surface area contributed by atoms with Crippen molar-refractivity contribution >= 4 is 40.5 Å². The van der Waals surface area contributed by atoms with E-state index in [0.29, 0.717) is 35.4 Å². The highest BCUT2D eigenvalue weighted by atomic mass is 127. The number of hydrogen-bond acceptors (Lipinski definition) is 6. The van der Waals surface area contributed by atoms with Crippen molar-refractivity contribution < 1.29 is 9.53 Å². The predicted molar refractivity (Wildman–Crippen MR) is 87.1 cm³/mol. The molecule has 2 rings (SSSR count). The summed E-state index contributed by atoms with van der Waals surface area (Å²) in [4.78, 5) is 29.2. The van der Waals surface area contributed by atoms with Crippen LogP contribution in [-0.4, -0.2) is 34.3 Å². The van der Waals surface area contributed by atoms with Gasteiger partial charge in [0.05, 0.1) is 0 Å². The van der Waals surface area contributed by atoms with Crippen molar-refractivity contribution in [3.8, 4) is 0 Å². The fourth-order valence-corrected chi connectivity index (χ4v) is 2.87. The highest BCUT2D eigenvalue weighted by Crippen LogP contribution is 2.28. The molecule has 1 amide bonds. The summed E-state index contributed by atoms with van der Waals surface area (Å²) in [6.45, 7) is 3.05. The second kappa shape index (κ2) is 5.70. The zero-order valence-corrected chi connectivity index (χ0v) is 14.1. The maximum atomic E-state index is 12.0. The smallest absolute Gasteiger partial charge is 0.405 e. The largest absolute Gasteiger partial charge is 0.443 e. The van der Waals surface area contributed by atoms with E-state index in [1.165, 1.54) is 4.57 Å². The average molecular weight is 407 g/mol. The van der Waals surface area contributed by atoms with Crippen molar-refractivity contribution in [2.24, 2.45) is 12.8 Å². The number of anilines is 2. The topological polar surface area (TPSA) is 116 Å². The summed E-state index contributed by atoms with van der Waals surface area (Å²) in [7, 11) is 1.67. The van der Waals surface area contributed by atoms with Gasteiger partial charge in [0.1, 0.15) is 15.0 Å². The molecule has 0 aliphatic carbocycles. The monoisotopic (exact) mass is 407 g/mol. The Bertz CT molecular complexity index is 622. The molecule has 1 saturated heterocycles. The summed E-state index contributed by atoms with van der Waals surface area (Å²) in [5.74, 6) is 0.759. The molecule has 0 radical (unpaired) electrons. The Balaban J connectivity index is 2.20. The molecular formula is C12H18IN5O3. The van der Waals surface area contributed by atoms with E-state index < -0.39 is 11.7 Å². The number of nitrogen functional groups attached to an aromatic ring is 1. The van der Waals surface area contributed by atoms with Crippen LogP contribution in [0.2, 0.25) is 0 Å². The predicted octanol–water partition coefficient (Wildman–Crippen LogP) is 0.421. The van der Waals surface area contributed by atoms with Gasteiger partial charge in [0.2, 0.25) is 5.95 Å². The molecule has 21 heavy (non-hydrogen) atoms. The Kier molecular flexibility index (Phi) is 4.30. The molecule has 0 unspecified atom stereocenters. The van der Waals surface area contributed by atoms with Crippen LogP contribution in [0.5, 0.6) is 0 Å². The van der Waals surface area contributed by atoms with Gasteiger partial charge in [0.15, 0.2) is 0 Å². The number of carbonyl (C=O) groups is 1. The minimum absolute atomic E-state index is 0.167. The highest BCUT2D eigenvalue weighted by molar-refractivity contribution is 14.1. The highest BCUT2D eigenvalue weighted by Gasteiger charge is 2.34. The third-order valence-electron chi connectivity index (χ3n) is 3.69. The first-order chi connectivity index (χ1) is 9.73. The van der Waals surface area contributed by atoms with E-state index in [1.807, 2.05) is 34.4 Å². The van der Waals surface area contributed by atoms with Crippen LogP contribution in [0.15, 0.2) is 4.79 Å². The van der Waals surface area contributed by atoms with Crippen LogP contribution in [0.4, 0.5) is 16.6 Å². The number of amides is 1. The van der Waals surface area contributed by atoms with Gasteiger partial charge < -0.3 is 21.1 Å². The van der Waals surface area contributed by atoms with Crippen LogP contribution < -0.4 is 21.9 Å².